The van der Waals surface area contributed by atoms with E-state index in [1.807, 2.05) is 12.1 Å². The Morgan fingerprint density at radius 1 is 0.931 bits per heavy atom. The van der Waals surface area contributed by atoms with Crippen molar-refractivity contribution in [3.63, 3.8) is 0 Å². The zero-order valence-electron chi connectivity index (χ0n) is 16.2. The SMILES string of the molecule is O=C(NC[C@@H](c1cccc2ccccc12)N1CCCC1)C(=O)Nc1ccncc1. The van der Waals surface area contributed by atoms with Gasteiger partial charge in [-0.1, -0.05) is 42.5 Å². The van der Waals surface area contributed by atoms with Crippen LogP contribution < -0.4 is 10.6 Å². The van der Waals surface area contributed by atoms with Gasteiger partial charge in [0.1, 0.15) is 0 Å². The fourth-order valence-electron chi connectivity index (χ4n) is 3.92. The number of amides is 2. The van der Waals surface area contributed by atoms with Crippen molar-refractivity contribution in [2.75, 3.05) is 25.0 Å². The normalized spacial score (nSPS) is 15.2. The van der Waals surface area contributed by atoms with Crippen LogP contribution in [0.4, 0.5) is 5.69 Å². The van der Waals surface area contributed by atoms with Gasteiger partial charge in [-0.2, -0.15) is 0 Å². The van der Waals surface area contributed by atoms with E-state index in [1.165, 1.54) is 16.3 Å². The van der Waals surface area contributed by atoms with Gasteiger partial charge in [-0.15, -0.1) is 0 Å². The molecular weight excluding hydrogens is 364 g/mol. The van der Waals surface area contributed by atoms with Crippen molar-refractivity contribution in [1.29, 1.82) is 0 Å². The minimum absolute atomic E-state index is 0.0290. The molecule has 0 unspecified atom stereocenters. The molecule has 0 bridgehead atoms. The third-order valence-corrected chi connectivity index (χ3v) is 5.36. The highest BCUT2D eigenvalue weighted by atomic mass is 16.2. The third-order valence-electron chi connectivity index (χ3n) is 5.36. The number of hydrogen-bond donors (Lipinski definition) is 2. The van der Waals surface area contributed by atoms with E-state index in [1.54, 1.807) is 24.5 Å². The topological polar surface area (TPSA) is 74.3 Å². The second kappa shape index (κ2) is 8.84. The van der Waals surface area contributed by atoms with Crippen LogP contribution in [0.25, 0.3) is 10.8 Å². The van der Waals surface area contributed by atoms with Crippen LogP contribution in [0, 0.1) is 0 Å². The predicted molar refractivity (Wildman–Crippen MR) is 113 cm³/mol. The number of benzene rings is 2. The Labute approximate surface area is 169 Å². The lowest BCUT2D eigenvalue weighted by atomic mass is 9.97. The standard InChI is InChI=1S/C23H24N4O2/c28-22(23(29)26-18-10-12-24-13-11-18)25-16-21(27-14-3-4-15-27)20-9-5-7-17-6-1-2-8-19(17)20/h1-2,5-13,21H,3-4,14-16H2,(H,25,28)(H,24,26,29)/t21-/m0/s1. The molecule has 6 nitrogen and oxygen atoms in total. The monoisotopic (exact) mass is 388 g/mol. The minimum Gasteiger partial charge on any atom is -0.346 e. The highest BCUT2D eigenvalue weighted by Crippen LogP contribution is 2.30. The maximum absolute atomic E-state index is 12.4. The first kappa shape index (κ1) is 19.1. The average molecular weight is 388 g/mol. The fraction of sp³-hybridized carbons (Fsp3) is 0.261. The molecule has 0 aliphatic carbocycles. The molecule has 29 heavy (non-hydrogen) atoms. The van der Waals surface area contributed by atoms with E-state index < -0.39 is 11.8 Å². The van der Waals surface area contributed by atoms with Crippen molar-refractivity contribution in [1.82, 2.24) is 15.2 Å². The third kappa shape index (κ3) is 4.43. The van der Waals surface area contributed by atoms with E-state index in [9.17, 15) is 9.59 Å². The van der Waals surface area contributed by atoms with Gasteiger partial charge in [-0.05, 0) is 54.4 Å². The van der Waals surface area contributed by atoms with E-state index >= 15 is 0 Å². The summed E-state index contributed by atoms with van der Waals surface area (Å²) < 4.78 is 0. The number of hydrogen-bond acceptors (Lipinski definition) is 4. The number of pyridine rings is 1. The van der Waals surface area contributed by atoms with Gasteiger partial charge in [0.15, 0.2) is 0 Å². The summed E-state index contributed by atoms with van der Waals surface area (Å²) in [6.07, 6.45) is 5.43. The van der Waals surface area contributed by atoms with Crippen molar-refractivity contribution in [3.8, 4) is 0 Å². The summed E-state index contributed by atoms with van der Waals surface area (Å²) in [7, 11) is 0. The molecule has 0 spiro atoms. The lowest BCUT2D eigenvalue weighted by molar-refractivity contribution is -0.136. The largest absolute Gasteiger partial charge is 0.346 e. The molecule has 1 aromatic heterocycles. The van der Waals surface area contributed by atoms with Crippen LogP contribution in [-0.4, -0.2) is 41.3 Å². The Kier molecular flexibility index (Phi) is 5.81. The maximum Gasteiger partial charge on any atom is 0.313 e. The van der Waals surface area contributed by atoms with Crippen molar-refractivity contribution in [3.05, 3.63) is 72.6 Å². The molecule has 2 N–H and O–H groups in total. The maximum atomic E-state index is 12.4. The molecule has 1 atom stereocenters. The van der Waals surface area contributed by atoms with Gasteiger partial charge in [-0.3, -0.25) is 19.5 Å². The van der Waals surface area contributed by atoms with Crippen LogP contribution in [0.5, 0.6) is 0 Å². The van der Waals surface area contributed by atoms with E-state index in [0.717, 1.165) is 25.9 Å². The summed E-state index contributed by atoms with van der Waals surface area (Å²) >= 11 is 0. The Balaban J connectivity index is 1.51. The first-order valence-electron chi connectivity index (χ1n) is 9.93. The smallest absolute Gasteiger partial charge is 0.313 e. The van der Waals surface area contributed by atoms with Gasteiger partial charge >= 0.3 is 11.8 Å². The van der Waals surface area contributed by atoms with Crippen LogP contribution in [0.15, 0.2) is 67.0 Å². The second-order valence-electron chi connectivity index (χ2n) is 7.23. The first-order valence-corrected chi connectivity index (χ1v) is 9.93. The molecule has 1 aliphatic rings. The first-order chi connectivity index (χ1) is 14.2. The molecule has 0 saturated carbocycles. The lowest BCUT2D eigenvalue weighted by Gasteiger charge is -2.29. The van der Waals surface area contributed by atoms with Crippen LogP contribution in [-0.2, 0) is 9.59 Å². The number of likely N-dealkylation sites (tertiary alicyclic amines) is 1. The molecule has 1 fully saturated rings. The molecule has 1 aliphatic heterocycles. The number of aromatic nitrogens is 1. The van der Waals surface area contributed by atoms with E-state index in [0.29, 0.717) is 12.2 Å². The summed E-state index contributed by atoms with van der Waals surface area (Å²) in [4.78, 5) is 30.9. The molecule has 148 valence electrons. The number of rotatable bonds is 5. The fourth-order valence-corrected chi connectivity index (χ4v) is 3.92. The molecule has 2 aromatic carbocycles. The molecule has 6 heteroatoms. The Morgan fingerprint density at radius 3 is 2.45 bits per heavy atom. The van der Waals surface area contributed by atoms with Gasteiger partial charge in [0.25, 0.3) is 0 Å². The summed E-state index contributed by atoms with van der Waals surface area (Å²) in [6, 6.07) is 17.9. The van der Waals surface area contributed by atoms with Crippen LogP contribution in [0.1, 0.15) is 24.4 Å². The molecule has 2 amide bonds. The average Bonchev–Trinajstić information content (AvgIpc) is 3.29. The van der Waals surface area contributed by atoms with Gasteiger partial charge < -0.3 is 10.6 Å². The number of carbonyl (C=O) groups is 2. The lowest BCUT2D eigenvalue weighted by Crippen LogP contribution is -2.41. The Morgan fingerprint density at radius 2 is 1.66 bits per heavy atom. The summed E-state index contributed by atoms with van der Waals surface area (Å²) in [5.41, 5.74) is 1.73. The van der Waals surface area contributed by atoms with Crippen LogP contribution in [0.2, 0.25) is 0 Å². The second-order valence-corrected chi connectivity index (χ2v) is 7.23. The van der Waals surface area contributed by atoms with Crippen molar-refractivity contribution in [2.24, 2.45) is 0 Å². The number of nitrogens with zero attached hydrogens (tertiary/aromatic N) is 2. The van der Waals surface area contributed by atoms with Crippen LogP contribution >= 0.6 is 0 Å². The summed E-state index contributed by atoms with van der Waals surface area (Å²) in [6.45, 7) is 2.37. The number of anilines is 1. The minimum atomic E-state index is -0.672. The van der Waals surface area contributed by atoms with E-state index in [2.05, 4.69) is 50.8 Å². The highest BCUT2D eigenvalue weighted by molar-refractivity contribution is 6.39. The number of fused-ring (bicyclic) bond motifs is 1. The van der Waals surface area contributed by atoms with Crippen molar-refractivity contribution in [2.45, 2.75) is 18.9 Å². The van der Waals surface area contributed by atoms with E-state index in [-0.39, 0.29) is 6.04 Å². The summed E-state index contributed by atoms with van der Waals surface area (Å²) in [5, 5.41) is 7.79. The number of nitrogens with one attached hydrogen (secondary N) is 2. The molecule has 0 radical (unpaired) electrons. The van der Waals surface area contributed by atoms with Gasteiger partial charge in [0, 0.05) is 24.6 Å². The quantitative estimate of drug-likeness (QED) is 0.659. The van der Waals surface area contributed by atoms with Gasteiger partial charge in [-0.25, -0.2) is 0 Å². The summed E-state index contributed by atoms with van der Waals surface area (Å²) in [5.74, 6) is -1.31. The highest BCUT2D eigenvalue weighted by Gasteiger charge is 2.26. The zero-order valence-corrected chi connectivity index (χ0v) is 16.2. The molecular formula is C23H24N4O2. The molecule has 1 saturated heterocycles. The zero-order chi connectivity index (χ0) is 20.1. The van der Waals surface area contributed by atoms with Gasteiger partial charge in [0.2, 0.25) is 0 Å². The van der Waals surface area contributed by atoms with Gasteiger partial charge in [0.05, 0.1) is 6.04 Å². The van der Waals surface area contributed by atoms with Crippen molar-refractivity contribution < 1.29 is 9.59 Å². The molecule has 3 aromatic rings. The van der Waals surface area contributed by atoms with Crippen LogP contribution in [0.3, 0.4) is 0 Å². The molecule has 2 heterocycles. The van der Waals surface area contributed by atoms with E-state index in [4.69, 9.17) is 0 Å². The van der Waals surface area contributed by atoms with Crippen molar-refractivity contribution >= 4 is 28.3 Å². The molecule has 4 rings (SSSR count). The predicted octanol–water partition coefficient (Wildman–Crippen LogP) is 3.13. The number of carbonyl (C=O) groups excluding carboxylic acids is 2. The Hall–Kier alpha value is -3.25. The Bertz CT molecular complexity index is 995.